The molecule has 5 rings (SSSR count). The van der Waals surface area contributed by atoms with E-state index in [1.807, 2.05) is 50.2 Å². The van der Waals surface area contributed by atoms with Crippen molar-refractivity contribution in [1.82, 2.24) is 5.32 Å². The third kappa shape index (κ3) is 2.63. The fourth-order valence-electron chi connectivity index (χ4n) is 4.21. The van der Waals surface area contributed by atoms with Crippen LogP contribution in [0.3, 0.4) is 0 Å². The molecule has 0 radical (unpaired) electrons. The number of hydrogen-bond acceptors (Lipinski definition) is 6. The Kier molecular flexibility index (Phi) is 3.75. The lowest BCUT2D eigenvalue weighted by Crippen LogP contribution is -2.46. The van der Waals surface area contributed by atoms with Crippen LogP contribution >= 0.6 is 0 Å². The van der Waals surface area contributed by atoms with Crippen LogP contribution in [0.15, 0.2) is 36.4 Å². The molecule has 140 valence electrons. The summed E-state index contributed by atoms with van der Waals surface area (Å²) < 4.78 is 21.8. The van der Waals surface area contributed by atoms with Gasteiger partial charge in [0.2, 0.25) is 13.6 Å². The van der Waals surface area contributed by atoms with E-state index in [0.717, 1.165) is 34.1 Å². The molecule has 1 N–H and O–H groups in total. The standard InChI is InChI=1S/C21H21NO5/c1-11-19(13-3-5-15-17(7-13)26-9-24-15)22-20(12(2)21(11)23)14-4-6-16-18(8-14)27-10-25-16/h3-8,11-12,19-20,22H,9-10H2,1-2H3/t11-,12+,19-,20-/m1/s1. The second-order valence-corrected chi connectivity index (χ2v) is 7.33. The van der Waals surface area contributed by atoms with Gasteiger partial charge in [-0.1, -0.05) is 26.0 Å². The van der Waals surface area contributed by atoms with E-state index < -0.39 is 0 Å². The lowest BCUT2D eigenvalue weighted by atomic mass is 9.76. The molecule has 6 nitrogen and oxygen atoms in total. The maximum Gasteiger partial charge on any atom is 0.231 e. The Balaban J connectivity index is 1.49. The van der Waals surface area contributed by atoms with Crippen LogP contribution < -0.4 is 24.3 Å². The van der Waals surface area contributed by atoms with E-state index in [1.165, 1.54) is 0 Å². The average Bonchev–Trinajstić information content (AvgIpc) is 3.34. The minimum absolute atomic E-state index is 0.0985. The maximum atomic E-state index is 13.0. The number of benzene rings is 2. The number of Topliss-reactive ketones (excluding diaryl/α,β-unsaturated/α-hetero) is 1. The molecule has 3 aliphatic heterocycles. The molecule has 3 heterocycles. The predicted molar refractivity (Wildman–Crippen MR) is 97.1 cm³/mol. The Morgan fingerprint density at radius 1 is 0.741 bits per heavy atom. The maximum absolute atomic E-state index is 13.0. The van der Waals surface area contributed by atoms with E-state index >= 15 is 0 Å². The zero-order chi connectivity index (χ0) is 18.5. The Hall–Kier alpha value is -2.73. The number of ketones is 1. The van der Waals surface area contributed by atoms with Gasteiger partial charge in [-0.2, -0.15) is 0 Å². The first-order valence-corrected chi connectivity index (χ1v) is 9.20. The highest BCUT2D eigenvalue weighted by Crippen LogP contribution is 2.43. The smallest absolute Gasteiger partial charge is 0.231 e. The van der Waals surface area contributed by atoms with Crippen LogP contribution in [0, 0.1) is 11.8 Å². The molecular weight excluding hydrogens is 346 g/mol. The number of nitrogens with one attached hydrogen (secondary N) is 1. The first-order valence-electron chi connectivity index (χ1n) is 9.20. The molecule has 2 aromatic carbocycles. The molecule has 1 fully saturated rings. The second-order valence-electron chi connectivity index (χ2n) is 7.33. The summed E-state index contributed by atoms with van der Waals surface area (Å²) in [6.07, 6.45) is 0. The summed E-state index contributed by atoms with van der Waals surface area (Å²) in [5.74, 6) is 2.93. The van der Waals surface area contributed by atoms with E-state index in [4.69, 9.17) is 18.9 Å². The molecule has 0 saturated carbocycles. The van der Waals surface area contributed by atoms with Crippen LogP contribution in [-0.2, 0) is 4.79 Å². The highest BCUT2D eigenvalue weighted by molar-refractivity contribution is 5.85. The Bertz CT molecular complexity index is 840. The highest BCUT2D eigenvalue weighted by Gasteiger charge is 2.40. The normalized spacial score (nSPS) is 28.4. The van der Waals surface area contributed by atoms with E-state index in [0.29, 0.717) is 0 Å². The van der Waals surface area contributed by atoms with Crippen LogP contribution in [0.1, 0.15) is 37.1 Å². The van der Waals surface area contributed by atoms with Gasteiger partial charge in [-0.3, -0.25) is 4.79 Å². The fraction of sp³-hybridized carbons (Fsp3) is 0.381. The summed E-state index contributed by atoms with van der Waals surface area (Å²) in [4.78, 5) is 13.0. The van der Waals surface area contributed by atoms with Crippen molar-refractivity contribution in [2.45, 2.75) is 25.9 Å². The lowest BCUT2D eigenvalue weighted by molar-refractivity contribution is -0.130. The van der Waals surface area contributed by atoms with Gasteiger partial charge in [0.25, 0.3) is 0 Å². The zero-order valence-electron chi connectivity index (χ0n) is 15.2. The van der Waals surface area contributed by atoms with Crippen molar-refractivity contribution in [3.8, 4) is 23.0 Å². The molecule has 4 atom stereocenters. The van der Waals surface area contributed by atoms with Crippen LogP contribution in [0.25, 0.3) is 0 Å². The van der Waals surface area contributed by atoms with E-state index in [1.54, 1.807) is 0 Å². The number of rotatable bonds is 2. The molecule has 0 bridgehead atoms. The van der Waals surface area contributed by atoms with Crippen molar-refractivity contribution < 1.29 is 23.7 Å². The summed E-state index contributed by atoms with van der Waals surface area (Å²) in [5.41, 5.74) is 2.05. The third-order valence-electron chi connectivity index (χ3n) is 5.77. The average molecular weight is 367 g/mol. The molecule has 0 spiro atoms. The quantitative estimate of drug-likeness (QED) is 0.878. The molecule has 0 aliphatic carbocycles. The van der Waals surface area contributed by atoms with Crippen molar-refractivity contribution in [3.05, 3.63) is 47.5 Å². The first-order chi connectivity index (χ1) is 13.1. The van der Waals surface area contributed by atoms with Gasteiger partial charge < -0.3 is 24.3 Å². The zero-order valence-corrected chi connectivity index (χ0v) is 15.2. The monoisotopic (exact) mass is 367 g/mol. The highest BCUT2D eigenvalue weighted by atomic mass is 16.7. The molecule has 0 unspecified atom stereocenters. The van der Waals surface area contributed by atoms with Crippen molar-refractivity contribution in [2.24, 2.45) is 11.8 Å². The van der Waals surface area contributed by atoms with Gasteiger partial charge >= 0.3 is 0 Å². The molecule has 1 saturated heterocycles. The SMILES string of the molecule is C[C@@H]1C(=O)[C@H](C)[C@H](c2ccc3c(c2)OCO3)N[C@H]1c1ccc2c(c1)OCO2. The molecule has 0 aromatic heterocycles. The Labute approximate surface area is 157 Å². The van der Waals surface area contributed by atoms with Crippen molar-refractivity contribution in [1.29, 1.82) is 0 Å². The van der Waals surface area contributed by atoms with E-state index in [2.05, 4.69) is 5.32 Å². The summed E-state index contributed by atoms with van der Waals surface area (Å²) >= 11 is 0. The molecule has 6 heteroatoms. The van der Waals surface area contributed by atoms with Crippen LogP contribution in [-0.4, -0.2) is 19.4 Å². The van der Waals surface area contributed by atoms with E-state index in [9.17, 15) is 4.79 Å². The Morgan fingerprint density at radius 3 is 1.67 bits per heavy atom. The topological polar surface area (TPSA) is 66.0 Å². The van der Waals surface area contributed by atoms with Gasteiger partial charge in [0.15, 0.2) is 23.0 Å². The summed E-state index contributed by atoms with van der Waals surface area (Å²) in [6.45, 7) is 4.44. The lowest BCUT2D eigenvalue weighted by Gasteiger charge is -2.39. The number of fused-ring (bicyclic) bond motifs is 2. The second kappa shape index (κ2) is 6.16. The first kappa shape index (κ1) is 16.4. The predicted octanol–water partition coefficient (Wildman–Crippen LogP) is 3.37. The number of ether oxygens (including phenoxy) is 4. The van der Waals surface area contributed by atoms with Crippen molar-refractivity contribution in [2.75, 3.05) is 13.6 Å². The molecule has 3 aliphatic rings. The summed E-state index contributed by atoms with van der Waals surface area (Å²) in [6, 6.07) is 11.6. The van der Waals surface area contributed by atoms with Gasteiger partial charge in [0.1, 0.15) is 5.78 Å². The minimum Gasteiger partial charge on any atom is -0.454 e. The van der Waals surface area contributed by atoms with Crippen LogP contribution in [0.4, 0.5) is 0 Å². The largest absolute Gasteiger partial charge is 0.454 e. The number of carbonyl (C=O) groups is 1. The van der Waals surface area contributed by atoms with Crippen molar-refractivity contribution >= 4 is 5.78 Å². The summed E-state index contributed by atoms with van der Waals surface area (Å²) in [5, 5.41) is 3.68. The molecule has 0 amide bonds. The van der Waals surface area contributed by atoms with Gasteiger partial charge in [-0.05, 0) is 35.4 Å². The van der Waals surface area contributed by atoms with Gasteiger partial charge in [-0.25, -0.2) is 0 Å². The van der Waals surface area contributed by atoms with Crippen LogP contribution in [0.2, 0.25) is 0 Å². The fourth-order valence-corrected chi connectivity index (χ4v) is 4.21. The van der Waals surface area contributed by atoms with Gasteiger partial charge in [0.05, 0.1) is 0 Å². The summed E-state index contributed by atoms with van der Waals surface area (Å²) in [7, 11) is 0. The minimum atomic E-state index is -0.134. The number of carbonyl (C=O) groups excluding carboxylic acids is 1. The molecular formula is C21H21NO5. The Morgan fingerprint density at radius 2 is 1.19 bits per heavy atom. The number of hydrogen-bond donors (Lipinski definition) is 1. The van der Waals surface area contributed by atoms with Crippen molar-refractivity contribution in [3.63, 3.8) is 0 Å². The molecule has 2 aromatic rings. The third-order valence-corrected chi connectivity index (χ3v) is 5.77. The van der Waals surface area contributed by atoms with E-state index in [-0.39, 0.29) is 43.3 Å². The van der Waals surface area contributed by atoms with Crippen LogP contribution in [0.5, 0.6) is 23.0 Å². The van der Waals surface area contributed by atoms with Gasteiger partial charge in [-0.15, -0.1) is 0 Å². The van der Waals surface area contributed by atoms with Gasteiger partial charge in [0, 0.05) is 23.9 Å². The molecule has 27 heavy (non-hydrogen) atoms. The number of piperidine rings is 1.